The lowest BCUT2D eigenvalue weighted by Crippen LogP contribution is -2.27. The van der Waals surface area contributed by atoms with Crippen LogP contribution in [-0.2, 0) is 22.9 Å². The molecule has 5 aromatic rings. The molecule has 248 valence electrons. The lowest BCUT2D eigenvalue weighted by Gasteiger charge is -2.21. The molecule has 0 radical (unpaired) electrons. The van der Waals surface area contributed by atoms with Gasteiger partial charge in [-0.3, -0.25) is 13.8 Å². The van der Waals surface area contributed by atoms with Crippen molar-refractivity contribution in [2.75, 3.05) is 26.4 Å². The first-order chi connectivity index (χ1) is 22.9. The maximum Gasteiger partial charge on any atom is 0.253 e. The molecule has 2 unspecified atom stereocenters. The van der Waals surface area contributed by atoms with Gasteiger partial charge in [-0.2, -0.15) is 0 Å². The van der Waals surface area contributed by atoms with Gasteiger partial charge in [0.1, 0.15) is 0 Å². The third-order valence-corrected chi connectivity index (χ3v) is 8.83. The van der Waals surface area contributed by atoms with Crippen LogP contribution in [0.2, 0.25) is 0 Å². The first kappa shape index (κ1) is 34.5. The summed E-state index contributed by atoms with van der Waals surface area (Å²) in [5, 5.41) is 7.18. The minimum Gasteiger partial charge on any atom is -0.772 e. The van der Waals surface area contributed by atoms with Crippen molar-refractivity contribution in [2.24, 2.45) is 0 Å². The summed E-state index contributed by atoms with van der Waals surface area (Å²) in [7, 11) is 3.47. The lowest BCUT2D eigenvalue weighted by atomic mass is 9.83. The third kappa shape index (κ3) is 8.53. The van der Waals surface area contributed by atoms with Crippen LogP contribution in [0.4, 0.5) is 0 Å². The van der Waals surface area contributed by atoms with Crippen molar-refractivity contribution in [1.82, 2.24) is 15.4 Å². The molecule has 0 bridgehead atoms. The number of carbonyl (C=O) groups excluding carboxylic acids is 2. The second-order valence-electron chi connectivity index (χ2n) is 13.1. The number of nitrogens with zero attached hydrogens (tertiary/aromatic N) is 2. The zero-order valence-electron chi connectivity index (χ0n) is 27.9. The topological polar surface area (TPSA) is 116 Å². The van der Waals surface area contributed by atoms with Crippen LogP contribution < -0.4 is 5.32 Å². The summed E-state index contributed by atoms with van der Waals surface area (Å²) in [6.07, 6.45) is 0.621. The van der Waals surface area contributed by atoms with Crippen molar-refractivity contribution in [3.05, 3.63) is 137 Å². The molecular formula is C39H40N3O5S-. The van der Waals surface area contributed by atoms with Crippen molar-refractivity contribution in [3.8, 4) is 22.5 Å². The van der Waals surface area contributed by atoms with Gasteiger partial charge in [0.15, 0.2) is 5.76 Å². The number of hydrogen-bond donors (Lipinski definition) is 1. The van der Waals surface area contributed by atoms with E-state index < -0.39 is 11.1 Å². The number of carbonyl (C=O) groups is 2. The Balaban J connectivity index is 1.41. The molecule has 8 nitrogen and oxygen atoms in total. The molecule has 4 aromatic carbocycles. The molecule has 0 aliphatic rings. The first-order valence-corrected chi connectivity index (χ1v) is 17.1. The summed E-state index contributed by atoms with van der Waals surface area (Å²) in [6, 6.07) is 33.5. The minimum atomic E-state index is -2.21. The van der Waals surface area contributed by atoms with Gasteiger partial charge in [-0.05, 0) is 70.0 Å². The van der Waals surface area contributed by atoms with Crippen molar-refractivity contribution < 1.29 is 22.9 Å². The molecule has 1 aromatic heterocycles. The van der Waals surface area contributed by atoms with Gasteiger partial charge < -0.3 is 19.3 Å². The normalized spacial score (nSPS) is 12.7. The van der Waals surface area contributed by atoms with Crippen molar-refractivity contribution in [3.63, 3.8) is 0 Å². The molecule has 2 amide bonds. The summed E-state index contributed by atoms with van der Waals surface area (Å²) in [5.74, 6) is 0.0421. The molecule has 9 heteroatoms. The number of rotatable bonds is 11. The van der Waals surface area contributed by atoms with Crippen LogP contribution in [0.25, 0.3) is 22.5 Å². The molecular weight excluding hydrogens is 623 g/mol. The average molecular weight is 663 g/mol. The second-order valence-corrected chi connectivity index (χ2v) is 14.1. The number of nitrogens with one attached hydrogen (secondary N) is 1. The lowest BCUT2D eigenvalue weighted by molar-refractivity contribution is 0.0827. The van der Waals surface area contributed by atoms with Crippen LogP contribution in [0.15, 0.2) is 108 Å². The summed E-state index contributed by atoms with van der Waals surface area (Å²) in [6.45, 7) is 6.62. The maximum atomic E-state index is 12.5. The quantitative estimate of drug-likeness (QED) is 0.153. The summed E-state index contributed by atoms with van der Waals surface area (Å²) >= 11 is -2.21. The standard InChI is InChI=1S/C39H41N3O5S/c1-39(2,3)33-19-17-28(18-20-33)34(23-26-9-11-29(12-10-26)37(43)40-21-22-48(45)46)35-25-36(47-41-35)32-8-6-7-31(24-32)27-13-15-30(16-14-27)38(44)42(4)5/h6-20,24-25,34H,21-23H2,1-5H3,(H,40,43)(H,45,46)/p-1. The number of amides is 2. The smallest absolute Gasteiger partial charge is 0.253 e. The van der Waals surface area contributed by atoms with Crippen LogP contribution in [0.3, 0.4) is 0 Å². The number of benzene rings is 4. The van der Waals surface area contributed by atoms with E-state index in [2.05, 4.69) is 61.6 Å². The monoisotopic (exact) mass is 662 g/mol. The molecule has 48 heavy (non-hydrogen) atoms. The van der Waals surface area contributed by atoms with Gasteiger partial charge in [0.05, 0.1) is 5.69 Å². The fourth-order valence-electron chi connectivity index (χ4n) is 5.49. The Morgan fingerprint density at radius 3 is 2.12 bits per heavy atom. The largest absolute Gasteiger partial charge is 0.772 e. The van der Waals surface area contributed by atoms with Gasteiger partial charge in [0.25, 0.3) is 11.8 Å². The second kappa shape index (κ2) is 14.9. The van der Waals surface area contributed by atoms with Gasteiger partial charge in [0, 0.05) is 55.1 Å². The Morgan fingerprint density at radius 1 is 0.854 bits per heavy atom. The molecule has 0 spiro atoms. The van der Waals surface area contributed by atoms with Crippen LogP contribution in [-0.4, -0.2) is 57.0 Å². The molecule has 1 N–H and O–H groups in total. The third-order valence-electron chi connectivity index (χ3n) is 8.29. The van der Waals surface area contributed by atoms with Crippen LogP contribution in [0.5, 0.6) is 0 Å². The Hall–Kier alpha value is -4.86. The zero-order valence-corrected chi connectivity index (χ0v) is 28.7. The molecule has 0 saturated carbocycles. The summed E-state index contributed by atoms with van der Waals surface area (Å²) < 4.78 is 27.5. The minimum absolute atomic E-state index is 0.0153. The van der Waals surface area contributed by atoms with Crippen LogP contribution in [0, 0.1) is 0 Å². The summed E-state index contributed by atoms with van der Waals surface area (Å²) in [4.78, 5) is 26.4. The highest BCUT2D eigenvalue weighted by atomic mass is 32.2. The van der Waals surface area contributed by atoms with Gasteiger partial charge in [-0.25, -0.2) is 0 Å². The van der Waals surface area contributed by atoms with Gasteiger partial charge in [-0.15, -0.1) is 0 Å². The van der Waals surface area contributed by atoms with Gasteiger partial charge in [-0.1, -0.05) is 104 Å². The van der Waals surface area contributed by atoms with E-state index in [1.165, 1.54) is 5.56 Å². The maximum absolute atomic E-state index is 12.5. The van der Waals surface area contributed by atoms with Crippen molar-refractivity contribution in [2.45, 2.75) is 38.5 Å². The first-order valence-electron chi connectivity index (χ1n) is 15.8. The molecule has 0 aliphatic heterocycles. The van der Waals surface area contributed by atoms with Crippen LogP contribution >= 0.6 is 0 Å². The molecule has 0 fully saturated rings. The predicted molar refractivity (Wildman–Crippen MR) is 189 cm³/mol. The Morgan fingerprint density at radius 2 is 1.50 bits per heavy atom. The van der Waals surface area contributed by atoms with E-state index in [4.69, 9.17) is 4.52 Å². The highest BCUT2D eigenvalue weighted by Gasteiger charge is 2.22. The highest BCUT2D eigenvalue weighted by molar-refractivity contribution is 7.79. The van der Waals surface area contributed by atoms with Crippen molar-refractivity contribution >= 4 is 22.9 Å². The zero-order chi connectivity index (χ0) is 34.4. The highest BCUT2D eigenvalue weighted by Crippen LogP contribution is 2.34. The van der Waals surface area contributed by atoms with E-state index in [9.17, 15) is 18.4 Å². The van der Waals surface area contributed by atoms with E-state index in [0.29, 0.717) is 23.3 Å². The van der Waals surface area contributed by atoms with Gasteiger partial charge >= 0.3 is 0 Å². The average Bonchev–Trinajstić information content (AvgIpc) is 3.57. The van der Waals surface area contributed by atoms with E-state index >= 15 is 0 Å². The van der Waals surface area contributed by atoms with E-state index in [0.717, 1.165) is 33.5 Å². The number of aromatic nitrogens is 1. The number of hydrogen-bond acceptors (Lipinski definition) is 6. The van der Waals surface area contributed by atoms with E-state index in [1.807, 2.05) is 60.7 Å². The summed E-state index contributed by atoms with van der Waals surface area (Å²) in [5.41, 5.74) is 8.11. The van der Waals surface area contributed by atoms with Crippen LogP contribution in [0.1, 0.15) is 69.8 Å². The van der Waals surface area contributed by atoms with E-state index in [1.54, 1.807) is 31.1 Å². The molecule has 5 rings (SSSR count). The van der Waals surface area contributed by atoms with Crippen molar-refractivity contribution in [1.29, 1.82) is 0 Å². The van der Waals surface area contributed by atoms with E-state index in [-0.39, 0.29) is 35.4 Å². The molecule has 2 atom stereocenters. The van der Waals surface area contributed by atoms with Gasteiger partial charge in [0.2, 0.25) is 0 Å². The Labute approximate surface area is 284 Å². The SMILES string of the molecule is CN(C)C(=O)c1ccc(-c2cccc(-c3cc(C(Cc4ccc(C(=O)NCCS(=O)[O-])cc4)c4ccc(C(C)(C)C)cc4)no3)c2)cc1. The molecule has 1 heterocycles. The molecule has 0 aliphatic carbocycles. The fraction of sp³-hybridized carbons (Fsp3) is 0.256. The Bertz CT molecular complexity index is 1890. The molecule has 0 saturated heterocycles. The fourth-order valence-corrected chi connectivity index (χ4v) is 5.76. The predicted octanol–water partition coefficient (Wildman–Crippen LogP) is 6.99. The Kier molecular flexibility index (Phi) is 10.7.